The fourth-order valence-corrected chi connectivity index (χ4v) is 1.96. The van der Waals surface area contributed by atoms with Crippen LogP contribution in [-0.4, -0.2) is 24.2 Å². The van der Waals surface area contributed by atoms with E-state index in [1.54, 1.807) is 0 Å². The van der Waals surface area contributed by atoms with E-state index in [-0.39, 0.29) is 12.5 Å². The molecule has 5 heteroatoms. The van der Waals surface area contributed by atoms with Crippen LogP contribution in [0.2, 0.25) is 0 Å². The largest absolute Gasteiger partial charge is 0.550 e. The van der Waals surface area contributed by atoms with E-state index in [0.29, 0.717) is 6.54 Å². The second-order valence-corrected chi connectivity index (χ2v) is 6.38. The molecule has 1 amide bonds. The Kier molecular flexibility index (Phi) is 10.7. The standard InChI is InChI=1S/C16H31NO4/c1-16(2,3)21-15(20)17-13-11-9-7-5-4-6-8-10-12-14(18)19/h4-13H2,1-3H3,(H,17,20)(H,18,19)/p-1. The van der Waals surface area contributed by atoms with Gasteiger partial charge in [0.1, 0.15) is 5.60 Å². The summed E-state index contributed by atoms with van der Waals surface area (Å²) < 4.78 is 5.14. The predicted molar refractivity (Wildman–Crippen MR) is 80.8 cm³/mol. The molecular weight excluding hydrogens is 270 g/mol. The Hall–Kier alpha value is -1.26. The number of carbonyl (C=O) groups is 2. The van der Waals surface area contributed by atoms with Gasteiger partial charge in [0.2, 0.25) is 0 Å². The molecule has 21 heavy (non-hydrogen) atoms. The average Bonchev–Trinajstić information content (AvgIpc) is 2.33. The number of carbonyl (C=O) groups excluding carboxylic acids is 2. The highest BCUT2D eigenvalue weighted by Gasteiger charge is 2.15. The molecule has 0 aliphatic heterocycles. The van der Waals surface area contributed by atoms with Crippen molar-refractivity contribution in [2.75, 3.05) is 6.54 Å². The van der Waals surface area contributed by atoms with Crippen LogP contribution in [0.4, 0.5) is 4.79 Å². The van der Waals surface area contributed by atoms with Crippen molar-refractivity contribution < 1.29 is 19.4 Å². The number of rotatable bonds is 11. The molecule has 0 aliphatic rings. The van der Waals surface area contributed by atoms with Crippen LogP contribution in [0.1, 0.15) is 78.6 Å². The summed E-state index contributed by atoms with van der Waals surface area (Å²) in [6.45, 7) is 6.19. The zero-order valence-corrected chi connectivity index (χ0v) is 13.7. The van der Waals surface area contributed by atoms with Crippen LogP contribution in [-0.2, 0) is 9.53 Å². The molecule has 0 aromatic heterocycles. The Morgan fingerprint density at radius 2 is 1.38 bits per heavy atom. The number of nitrogens with one attached hydrogen (secondary N) is 1. The maximum absolute atomic E-state index is 11.4. The van der Waals surface area contributed by atoms with Crippen molar-refractivity contribution >= 4 is 12.1 Å². The van der Waals surface area contributed by atoms with Gasteiger partial charge < -0.3 is 20.0 Å². The molecule has 0 saturated heterocycles. The van der Waals surface area contributed by atoms with Gasteiger partial charge in [-0.2, -0.15) is 0 Å². The van der Waals surface area contributed by atoms with Gasteiger partial charge in [-0.25, -0.2) is 4.79 Å². The molecule has 0 rings (SSSR count). The Balaban J connectivity index is 3.22. The second-order valence-electron chi connectivity index (χ2n) is 6.38. The summed E-state index contributed by atoms with van der Waals surface area (Å²) in [4.78, 5) is 21.6. The molecular formula is C16H30NO4-. The van der Waals surface area contributed by atoms with Gasteiger partial charge in [0.25, 0.3) is 0 Å². The lowest BCUT2D eigenvalue weighted by molar-refractivity contribution is -0.305. The summed E-state index contributed by atoms with van der Waals surface area (Å²) in [5.74, 6) is -0.951. The topological polar surface area (TPSA) is 78.5 Å². The molecule has 1 N–H and O–H groups in total. The lowest BCUT2D eigenvalue weighted by atomic mass is 10.1. The third-order valence-electron chi connectivity index (χ3n) is 2.98. The van der Waals surface area contributed by atoms with Crippen molar-refractivity contribution in [2.45, 2.75) is 84.2 Å². The molecule has 0 saturated carbocycles. The fraction of sp³-hybridized carbons (Fsp3) is 0.875. The van der Waals surface area contributed by atoms with Crippen LogP contribution >= 0.6 is 0 Å². The van der Waals surface area contributed by atoms with Crippen molar-refractivity contribution in [3.63, 3.8) is 0 Å². The van der Waals surface area contributed by atoms with Gasteiger partial charge in [-0.3, -0.25) is 0 Å². The lowest BCUT2D eigenvalue weighted by Gasteiger charge is -2.19. The first kappa shape index (κ1) is 19.7. The first-order chi connectivity index (χ1) is 9.81. The third kappa shape index (κ3) is 16.7. The molecule has 0 fully saturated rings. The number of ether oxygens (including phenoxy) is 1. The summed E-state index contributed by atoms with van der Waals surface area (Å²) in [7, 11) is 0. The molecule has 0 unspecified atom stereocenters. The Labute approximate surface area is 128 Å². The molecule has 0 heterocycles. The van der Waals surface area contributed by atoms with Crippen molar-refractivity contribution in [2.24, 2.45) is 0 Å². The van der Waals surface area contributed by atoms with E-state index < -0.39 is 11.6 Å². The van der Waals surface area contributed by atoms with Crippen molar-refractivity contribution in [1.29, 1.82) is 0 Å². The van der Waals surface area contributed by atoms with Gasteiger partial charge in [-0.05, 0) is 40.0 Å². The monoisotopic (exact) mass is 300 g/mol. The van der Waals surface area contributed by atoms with Gasteiger partial charge in [0.05, 0.1) is 0 Å². The number of carboxylic acids is 1. The molecule has 0 aromatic carbocycles. The summed E-state index contributed by atoms with van der Waals surface area (Å²) in [6.07, 6.45) is 8.12. The van der Waals surface area contributed by atoms with E-state index in [4.69, 9.17) is 4.74 Å². The van der Waals surface area contributed by atoms with E-state index >= 15 is 0 Å². The number of aliphatic carboxylic acids is 1. The number of carboxylic acid groups (broad SMARTS) is 1. The highest BCUT2D eigenvalue weighted by Crippen LogP contribution is 2.09. The van der Waals surface area contributed by atoms with E-state index in [0.717, 1.165) is 51.4 Å². The number of hydrogen-bond acceptors (Lipinski definition) is 4. The summed E-state index contributed by atoms with van der Waals surface area (Å²) in [6, 6.07) is 0. The van der Waals surface area contributed by atoms with Crippen LogP contribution in [0.25, 0.3) is 0 Å². The minimum atomic E-state index is -0.951. The summed E-state index contributed by atoms with van der Waals surface area (Å²) in [5, 5.41) is 13.0. The molecule has 124 valence electrons. The van der Waals surface area contributed by atoms with Gasteiger partial charge in [0, 0.05) is 12.5 Å². The average molecular weight is 300 g/mol. The zero-order valence-electron chi connectivity index (χ0n) is 13.7. The molecule has 5 nitrogen and oxygen atoms in total. The van der Waals surface area contributed by atoms with Gasteiger partial charge in [-0.1, -0.05) is 38.5 Å². The minimum absolute atomic E-state index is 0.177. The number of hydrogen-bond donors (Lipinski definition) is 1. The highest BCUT2D eigenvalue weighted by molar-refractivity contribution is 5.67. The molecule has 0 aliphatic carbocycles. The smallest absolute Gasteiger partial charge is 0.407 e. The van der Waals surface area contributed by atoms with E-state index in [2.05, 4.69) is 5.32 Å². The first-order valence-corrected chi connectivity index (χ1v) is 7.98. The van der Waals surface area contributed by atoms with Crippen LogP contribution in [0.3, 0.4) is 0 Å². The van der Waals surface area contributed by atoms with Gasteiger partial charge in [-0.15, -0.1) is 0 Å². The Morgan fingerprint density at radius 3 is 1.86 bits per heavy atom. The molecule has 0 bridgehead atoms. The van der Waals surface area contributed by atoms with Crippen LogP contribution in [0.15, 0.2) is 0 Å². The lowest BCUT2D eigenvalue weighted by Crippen LogP contribution is -2.32. The first-order valence-electron chi connectivity index (χ1n) is 7.98. The Morgan fingerprint density at radius 1 is 0.905 bits per heavy atom. The maximum Gasteiger partial charge on any atom is 0.407 e. The minimum Gasteiger partial charge on any atom is -0.550 e. The SMILES string of the molecule is CC(C)(C)OC(=O)NCCCCCCCCCCC(=O)[O-]. The van der Waals surface area contributed by atoms with Crippen molar-refractivity contribution in [3.05, 3.63) is 0 Å². The molecule has 0 atom stereocenters. The van der Waals surface area contributed by atoms with Crippen LogP contribution < -0.4 is 10.4 Å². The van der Waals surface area contributed by atoms with Crippen molar-refractivity contribution in [3.8, 4) is 0 Å². The maximum atomic E-state index is 11.4. The fourth-order valence-electron chi connectivity index (χ4n) is 1.96. The summed E-state index contributed by atoms with van der Waals surface area (Å²) >= 11 is 0. The van der Waals surface area contributed by atoms with Crippen molar-refractivity contribution in [1.82, 2.24) is 5.32 Å². The number of amides is 1. The number of alkyl carbamates (subject to hydrolysis) is 1. The normalized spacial score (nSPS) is 11.2. The van der Waals surface area contributed by atoms with Gasteiger partial charge in [0.15, 0.2) is 0 Å². The second kappa shape index (κ2) is 11.4. The predicted octanol–water partition coefficient (Wildman–Crippen LogP) is 2.77. The van der Waals surface area contributed by atoms with Crippen LogP contribution in [0.5, 0.6) is 0 Å². The van der Waals surface area contributed by atoms with E-state index in [9.17, 15) is 14.7 Å². The molecule has 0 radical (unpaired) electrons. The van der Waals surface area contributed by atoms with E-state index in [1.807, 2.05) is 20.8 Å². The molecule has 0 aromatic rings. The summed E-state index contributed by atoms with van der Waals surface area (Å²) in [5.41, 5.74) is -0.444. The molecule has 0 spiro atoms. The zero-order chi connectivity index (χ0) is 16.1. The van der Waals surface area contributed by atoms with Crippen LogP contribution in [0, 0.1) is 0 Å². The quantitative estimate of drug-likeness (QED) is 0.595. The van der Waals surface area contributed by atoms with E-state index in [1.165, 1.54) is 0 Å². The van der Waals surface area contributed by atoms with Gasteiger partial charge >= 0.3 is 6.09 Å². The third-order valence-corrected chi connectivity index (χ3v) is 2.98. The Bertz CT molecular complexity index is 297. The highest BCUT2D eigenvalue weighted by atomic mass is 16.6. The number of unbranched alkanes of at least 4 members (excludes halogenated alkanes) is 7.